The third-order valence-electron chi connectivity index (χ3n) is 5.11. The van der Waals surface area contributed by atoms with Gasteiger partial charge in [-0.1, -0.05) is 13.8 Å². The quantitative estimate of drug-likeness (QED) is 0.565. The number of amides is 2. The third kappa shape index (κ3) is 5.14. The molecule has 1 fully saturated rings. The molecular formula is C22H26N4O4. The van der Waals surface area contributed by atoms with Crippen LogP contribution in [0.25, 0.3) is 0 Å². The molecule has 2 N–H and O–H groups in total. The number of carbonyl (C=O) groups excluding carboxylic acids is 2. The summed E-state index contributed by atoms with van der Waals surface area (Å²) in [4.78, 5) is 37.0. The van der Waals surface area contributed by atoms with Gasteiger partial charge in [0.05, 0.1) is 4.92 Å². The second-order valence-corrected chi connectivity index (χ2v) is 8.02. The Balaban J connectivity index is 1.79. The van der Waals surface area contributed by atoms with Crippen LogP contribution in [-0.2, 0) is 4.79 Å². The molecule has 158 valence electrons. The molecule has 2 atom stereocenters. The molecule has 2 aromatic rings. The van der Waals surface area contributed by atoms with E-state index in [4.69, 9.17) is 0 Å². The van der Waals surface area contributed by atoms with Crippen LogP contribution >= 0.6 is 0 Å². The van der Waals surface area contributed by atoms with Crippen LogP contribution in [0, 0.1) is 22.0 Å². The molecular weight excluding hydrogens is 384 g/mol. The number of anilines is 3. The summed E-state index contributed by atoms with van der Waals surface area (Å²) in [5, 5.41) is 17.1. The maximum absolute atomic E-state index is 12.6. The number of rotatable bonds is 5. The number of nitrogens with zero attached hydrogens (tertiary/aromatic N) is 2. The van der Waals surface area contributed by atoms with E-state index in [1.807, 2.05) is 4.90 Å². The van der Waals surface area contributed by atoms with Crippen molar-refractivity contribution in [2.24, 2.45) is 11.8 Å². The van der Waals surface area contributed by atoms with E-state index in [0.717, 1.165) is 19.5 Å². The Labute approximate surface area is 175 Å². The first kappa shape index (κ1) is 21.3. The van der Waals surface area contributed by atoms with Crippen LogP contribution in [0.3, 0.4) is 0 Å². The lowest BCUT2D eigenvalue weighted by Gasteiger charge is -2.36. The SMILES string of the molecule is CC(=O)Nc1ccc(NC(=O)c2ccc(N3CC(C)CC(C)C3)c([N+](=O)[O-])c2)cc1. The highest BCUT2D eigenvalue weighted by Gasteiger charge is 2.27. The molecule has 0 bridgehead atoms. The summed E-state index contributed by atoms with van der Waals surface area (Å²) >= 11 is 0. The van der Waals surface area contributed by atoms with Crippen LogP contribution in [0.1, 0.15) is 37.6 Å². The summed E-state index contributed by atoms with van der Waals surface area (Å²) in [5.41, 5.74) is 1.85. The largest absolute Gasteiger partial charge is 0.365 e. The van der Waals surface area contributed by atoms with Gasteiger partial charge in [-0.2, -0.15) is 0 Å². The van der Waals surface area contributed by atoms with Crippen molar-refractivity contribution in [2.45, 2.75) is 27.2 Å². The second-order valence-electron chi connectivity index (χ2n) is 8.02. The highest BCUT2D eigenvalue weighted by molar-refractivity contribution is 6.05. The van der Waals surface area contributed by atoms with Crippen molar-refractivity contribution >= 4 is 34.6 Å². The van der Waals surface area contributed by atoms with Crippen molar-refractivity contribution in [2.75, 3.05) is 28.6 Å². The van der Waals surface area contributed by atoms with Gasteiger partial charge in [-0.05, 0) is 54.7 Å². The number of nitro groups is 1. The normalized spacial score (nSPS) is 18.6. The zero-order valence-electron chi connectivity index (χ0n) is 17.3. The molecule has 0 radical (unpaired) electrons. The lowest BCUT2D eigenvalue weighted by Crippen LogP contribution is -2.39. The number of nitro benzene ring substituents is 1. The highest BCUT2D eigenvalue weighted by atomic mass is 16.6. The van der Waals surface area contributed by atoms with Crippen molar-refractivity contribution in [1.82, 2.24) is 0 Å². The monoisotopic (exact) mass is 410 g/mol. The average Bonchev–Trinajstić information content (AvgIpc) is 2.67. The van der Waals surface area contributed by atoms with E-state index in [-0.39, 0.29) is 17.2 Å². The van der Waals surface area contributed by atoms with Gasteiger partial charge in [-0.25, -0.2) is 0 Å². The van der Waals surface area contributed by atoms with E-state index in [1.165, 1.54) is 13.0 Å². The van der Waals surface area contributed by atoms with Crippen LogP contribution in [0.5, 0.6) is 0 Å². The zero-order valence-corrected chi connectivity index (χ0v) is 17.3. The van der Waals surface area contributed by atoms with Gasteiger partial charge >= 0.3 is 0 Å². The van der Waals surface area contributed by atoms with E-state index < -0.39 is 10.8 Å². The minimum atomic E-state index is -0.433. The average molecular weight is 410 g/mol. The Bertz CT molecular complexity index is 948. The Hall–Kier alpha value is -3.42. The van der Waals surface area contributed by atoms with E-state index in [2.05, 4.69) is 24.5 Å². The predicted octanol–water partition coefficient (Wildman–Crippen LogP) is 4.29. The molecule has 1 saturated heterocycles. The van der Waals surface area contributed by atoms with Gasteiger partial charge in [0.15, 0.2) is 0 Å². The first-order chi connectivity index (χ1) is 14.2. The van der Waals surface area contributed by atoms with Gasteiger partial charge < -0.3 is 15.5 Å². The summed E-state index contributed by atoms with van der Waals surface area (Å²) in [6.45, 7) is 7.23. The van der Waals surface area contributed by atoms with E-state index in [1.54, 1.807) is 36.4 Å². The molecule has 1 aliphatic rings. The van der Waals surface area contributed by atoms with Gasteiger partial charge in [0.25, 0.3) is 11.6 Å². The summed E-state index contributed by atoms with van der Waals surface area (Å²) in [7, 11) is 0. The first-order valence-electron chi connectivity index (χ1n) is 9.95. The predicted molar refractivity (Wildman–Crippen MR) is 117 cm³/mol. The molecule has 0 aromatic heterocycles. The summed E-state index contributed by atoms with van der Waals surface area (Å²) in [6, 6.07) is 11.3. The summed E-state index contributed by atoms with van der Waals surface area (Å²) in [6.07, 6.45) is 1.10. The van der Waals surface area contributed by atoms with Crippen LogP contribution in [0.2, 0.25) is 0 Å². The molecule has 1 heterocycles. The molecule has 0 saturated carbocycles. The second kappa shape index (κ2) is 8.94. The molecule has 0 spiro atoms. The number of hydrogen-bond acceptors (Lipinski definition) is 5. The maximum Gasteiger partial charge on any atom is 0.293 e. The van der Waals surface area contributed by atoms with Crippen molar-refractivity contribution in [1.29, 1.82) is 0 Å². The van der Waals surface area contributed by atoms with Crippen molar-refractivity contribution < 1.29 is 14.5 Å². The molecule has 1 aliphatic heterocycles. The van der Waals surface area contributed by atoms with Gasteiger partial charge in [0.2, 0.25) is 5.91 Å². The molecule has 2 amide bonds. The Morgan fingerprint density at radius 3 is 2.10 bits per heavy atom. The summed E-state index contributed by atoms with van der Waals surface area (Å²) in [5.74, 6) is 0.294. The van der Waals surface area contributed by atoms with Crippen LogP contribution in [0.15, 0.2) is 42.5 Å². The smallest absolute Gasteiger partial charge is 0.293 e. The molecule has 30 heavy (non-hydrogen) atoms. The molecule has 8 heteroatoms. The minimum absolute atomic E-state index is 0.0649. The Morgan fingerprint density at radius 1 is 1.00 bits per heavy atom. The van der Waals surface area contributed by atoms with Crippen LogP contribution < -0.4 is 15.5 Å². The van der Waals surface area contributed by atoms with Gasteiger partial charge in [0, 0.05) is 43.0 Å². The fraction of sp³-hybridized carbons (Fsp3) is 0.364. The Morgan fingerprint density at radius 2 is 1.57 bits per heavy atom. The topological polar surface area (TPSA) is 105 Å². The van der Waals surface area contributed by atoms with Crippen molar-refractivity contribution in [3.05, 3.63) is 58.1 Å². The van der Waals surface area contributed by atoms with E-state index in [9.17, 15) is 19.7 Å². The highest BCUT2D eigenvalue weighted by Crippen LogP contribution is 2.34. The van der Waals surface area contributed by atoms with Gasteiger partial charge in [-0.3, -0.25) is 19.7 Å². The minimum Gasteiger partial charge on any atom is -0.365 e. The fourth-order valence-corrected chi connectivity index (χ4v) is 3.98. The van der Waals surface area contributed by atoms with Crippen LogP contribution in [-0.4, -0.2) is 29.8 Å². The number of benzene rings is 2. The first-order valence-corrected chi connectivity index (χ1v) is 9.95. The van der Waals surface area contributed by atoms with Crippen molar-refractivity contribution in [3.8, 4) is 0 Å². The van der Waals surface area contributed by atoms with E-state index in [0.29, 0.717) is 28.9 Å². The van der Waals surface area contributed by atoms with Gasteiger partial charge in [0.1, 0.15) is 5.69 Å². The van der Waals surface area contributed by atoms with Gasteiger partial charge in [-0.15, -0.1) is 0 Å². The number of carbonyl (C=O) groups is 2. The lowest BCUT2D eigenvalue weighted by atomic mass is 9.91. The fourth-order valence-electron chi connectivity index (χ4n) is 3.98. The maximum atomic E-state index is 12.6. The lowest BCUT2D eigenvalue weighted by molar-refractivity contribution is -0.384. The summed E-state index contributed by atoms with van der Waals surface area (Å²) < 4.78 is 0. The Kier molecular flexibility index (Phi) is 6.34. The van der Waals surface area contributed by atoms with Crippen LogP contribution in [0.4, 0.5) is 22.7 Å². The third-order valence-corrected chi connectivity index (χ3v) is 5.11. The molecule has 3 rings (SSSR count). The molecule has 0 aliphatic carbocycles. The van der Waals surface area contributed by atoms with Crippen molar-refractivity contribution in [3.63, 3.8) is 0 Å². The standard InChI is InChI=1S/C22H26N4O4/c1-14-10-15(2)13-25(12-14)20-9-4-17(11-21(20)26(29)30)22(28)24-19-7-5-18(6-8-19)23-16(3)27/h4-9,11,14-15H,10,12-13H2,1-3H3,(H,23,27)(H,24,28). The number of piperidine rings is 1. The zero-order chi connectivity index (χ0) is 21.8. The molecule has 2 unspecified atom stereocenters. The number of hydrogen-bond donors (Lipinski definition) is 2. The number of nitrogens with one attached hydrogen (secondary N) is 2. The molecule has 2 aromatic carbocycles. The molecule has 8 nitrogen and oxygen atoms in total. The van der Waals surface area contributed by atoms with E-state index >= 15 is 0 Å².